The largest absolute Gasteiger partial charge is 0.133 e. The molecule has 0 heterocycles. The molecule has 0 spiro atoms. The summed E-state index contributed by atoms with van der Waals surface area (Å²) in [7, 11) is 0. The van der Waals surface area contributed by atoms with Gasteiger partial charge in [0, 0.05) is 10.8 Å². The molecule has 0 aliphatic rings. The molecule has 0 nitrogen and oxygen atoms in total. The molecule has 0 aliphatic heterocycles. The fourth-order valence-corrected chi connectivity index (χ4v) is 5.76. The summed E-state index contributed by atoms with van der Waals surface area (Å²) in [5.41, 5.74) is 0. The van der Waals surface area contributed by atoms with Crippen molar-refractivity contribution in [1.29, 1.82) is 0 Å². The lowest BCUT2D eigenvalue weighted by molar-refractivity contribution is 1.38. The summed E-state index contributed by atoms with van der Waals surface area (Å²) < 4.78 is -2.33. The van der Waals surface area contributed by atoms with Crippen molar-refractivity contribution in [1.82, 2.24) is 0 Å². The van der Waals surface area contributed by atoms with E-state index in [4.69, 9.17) is 45.9 Å². The molecule has 1 unspecified atom stereocenters. The molecule has 0 aliphatic carbocycles. The van der Waals surface area contributed by atoms with E-state index in [9.17, 15) is 0 Å². The SMILES string of the molecule is S=P(Cl)(Cl)C(CCl)Sc1ccccc1. The molecular weight excluding hydrogens is 298 g/mol. The maximum absolute atomic E-state index is 5.94. The topological polar surface area (TPSA) is 0 Å². The Morgan fingerprint density at radius 2 is 1.86 bits per heavy atom. The Bertz CT molecular complexity index is 325. The van der Waals surface area contributed by atoms with Crippen molar-refractivity contribution in [3.05, 3.63) is 30.3 Å². The van der Waals surface area contributed by atoms with Gasteiger partial charge in [0.25, 0.3) is 0 Å². The Hall–Kier alpha value is 1.09. The zero-order valence-corrected chi connectivity index (χ0v) is 11.9. The highest BCUT2D eigenvalue weighted by atomic mass is 35.9. The van der Waals surface area contributed by atoms with Crippen molar-refractivity contribution in [3.8, 4) is 0 Å². The van der Waals surface area contributed by atoms with Crippen LogP contribution in [0.2, 0.25) is 0 Å². The molecule has 0 saturated carbocycles. The number of hydrogen-bond acceptors (Lipinski definition) is 2. The van der Waals surface area contributed by atoms with Gasteiger partial charge in [0.05, 0.1) is 4.99 Å². The molecule has 14 heavy (non-hydrogen) atoms. The van der Waals surface area contributed by atoms with Crippen LogP contribution in [0.1, 0.15) is 0 Å². The van der Waals surface area contributed by atoms with Gasteiger partial charge in [-0.3, -0.25) is 0 Å². The van der Waals surface area contributed by atoms with Crippen LogP contribution >= 0.6 is 50.6 Å². The summed E-state index contributed by atoms with van der Waals surface area (Å²) in [5.74, 6) is 0.379. The van der Waals surface area contributed by atoms with Crippen LogP contribution in [-0.2, 0) is 11.8 Å². The van der Waals surface area contributed by atoms with Gasteiger partial charge in [-0.2, -0.15) is 0 Å². The quantitative estimate of drug-likeness (QED) is 0.429. The first-order chi connectivity index (χ1) is 6.54. The fourth-order valence-electron chi connectivity index (χ4n) is 0.829. The number of halogens is 3. The van der Waals surface area contributed by atoms with Gasteiger partial charge in [-0.05, 0) is 12.1 Å². The van der Waals surface area contributed by atoms with E-state index in [1.165, 1.54) is 0 Å². The third-order valence-electron chi connectivity index (χ3n) is 1.48. The van der Waals surface area contributed by atoms with Crippen LogP contribution in [0.5, 0.6) is 0 Å². The van der Waals surface area contributed by atoms with Crippen LogP contribution in [0.3, 0.4) is 0 Å². The van der Waals surface area contributed by atoms with E-state index < -0.39 is 4.74 Å². The molecule has 1 aromatic rings. The van der Waals surface area contributed by atoms with Crippen LogP contribution in [0.4, 0.5) is 0 Å². The Balaban J connectivity index is 2.72. The van der Waals surface area contributed by atoms with E-state index in [1.807, 2.05) is 30.3 Å². The lowest BCUT2D eigenvalue weighted by Crippen LogP contribution is -1.98. The molecule has 0 N–H and O–H groups in total. The second-order valence-electron chi connectivity index (χ2n) is 2.54. The minimum atomic E-state index is -2.33. The van der Waals surface area contributed by atoms with Crippen LogP contribution in [0.25, 0.3) is 0 Å². The Kier molecular flexibility index (Phi) is 5.62. The summed E-state index contributed by atoms with van der Waals surface area (Å²) >= 11 is 24.2. The minimum Gasteiger partial charge on any atom is -0.125 e. The molecule has 78 valence electrons. The highest BCUT2D eigenvalue weighted by Crippen LogP contribution is 2.65. The highest BCUT2D eigenvalue weighted by molar-refractivity contribution is 8.43. The molecule has 1 rings (SSSR count). The van der Waals surface area contributed by atoms with Crippen molar-refractivity contribution < 1.29 is 0 Å². The van der Waals surface area contributed by atoms with Gasteiger partial charge < -0.3 is 0 Å². The lowest BCUT2D eigenvalue weighted by Gasteiger charge is -2.16. The van der Waals surface area contributed by atoms with Crippen LogP contribution < -0.4 is 0 Å². The molecule has 1 atom stereocenters. The van der Waals surface area contributed by atoms with Crippen LogP contribution in [-0.4, -0.2) is 10.9 Å². The predicted octanol–water partition coefficient (Wildman–Crippen LogP) is 5.13. The van der Waals surface area contributed by atoms with Crippen molar-refractivity contribution in [3.63, 3.8) is 0 Å². The van der Waals surface area contributed by atoms with E-state index in [0.717, 1.165) is 4.90 Å². The van der Waals surface area contributed by atoms with Crippen molar-refractivity contribution >= 4 is 62.4 Å². The van der Waals surface area contributed by atoms with E-state index in [2.05, 4.69) is 0 Å². The first-order valence-electron chi connectivity index (χ1n) is 3.80. The molecule has 0 bridgehead atoms. The maximum atomic E-state index is 5.94. The molecule has 0 fully saturated rings. The second kappa shape index (κ2) is 5.98. The predicted molar refractivity (Wildman–Crippen MR) is 72.8 cm³/mol. The maximum Gasteiger partial charge on any atom is 0.133 e. The van der Waals surface area contributed by atoms with E-state index in [1.54, 1.807) is 11.8 Å². The van der Waals surface area contributed by atoms with Crippen LogP contribution in [0, 0.1) is 0 Å². The first-order valence-corrected chi connectivity index (χ1v) is 9.90. The van der Waals surface area contributed by atoms with Crippen LogP contribution in [0.15, 0.2) is 35.2 Å². The van der Waals surface area contributed by atoms with Crippen molar-refractivity contribution in [2.75, 3.05) is 5.88 Å². The molecule has 1 aromatic carbocycles. The Morgan fingerprint density at radius 1 is 1.29 bits per heavy atom. The number of hydrogen-bond donors (Lipinski definition) is 0. The summed E-state index contributed by atoms with van der Waals surface area (Å²) in [6.07, 6.45) is 0. The zero-order chi connectivity index (χ0) is 10.6. The van der Waals surface area contributed by atoms with Gasteiger partial charge >= 0.3 is 0 Å². The Labute approximate surface area is 108 Å². The molecule has 0 aromatic heterocycles. The van der Waals surface area contributed by atoms with Gasteiger partial charge in [0.1, 0.15) is 4.74 Å². The molecular formula is C8H8Cl3PS2. The minimum absolute atomic E-state index is 0.0788. The zero-order valence-electron chi connectivity index (χ0n) is 7.07. The number of benzene rings is 1. The Morgan fingerprint density at radius 3 is 2.29 bits per heavy atom. The third-order valence-corrected chi connectivity index (χ3v) is 8.56. The number of rotatable bonds is 4. The lowest BCUT2D eigenvalue weighted by atomic mass is 10.4. The van der Waals surface area contributed by atoms with Gasteiger partial charge in [0.15, 0.2) is 0 Å². The summed E-state index contributed by atoms with van der Waals surface area (Å²) in [5, 5.41) is 0. The van der Waals surface area contributed by atoms with Crippen molar-refractivity contribution in [2.24, 2.45) is 0 Å². The molecule has 0 radical (unpaired) electrons. The molecule has 0 amide bonds. The number of alkyl halides is 1. The second-order valence-corrected chi connectivity index (χ2v) is 12.8. The first kappa shape index (κ1) is 13.2. The monoisotopic (exact) mass is 304 g/mol. The van der Waals surface area contributed by atoms with Crippen molar-refractivity contribution in [2.45, 2.75) is 9.89 Å². The van der Waals surface area contributed by atoms with E-state index in [0.29, 0.717) is 5.88 Å². The summed E-state index contributed by atoms with van der Waals surface area (Å²) in [4.78, 5) is 1.01. The average molecular weight is 306 g/mol. The summed E-state index contributed by atoms with van der Waals surface area (Å²) in [6, 6.07) is 9.85. The fraction of sp³-hybridized carbons (Fsp3) is 0.250. The van der Waals surface area contributed by atoms with E-state index in [-0.39, 0.29) is 4.99 Å². The van der Waals surface area contributed by atoms with Gasteiger partial charge in [-0.15, -0.1) is 23.4 Å². The van der Waals surface area contributed by atoms with Gasteiger partial charge in [-0.25, -0.2) is 0 Å². The average Bonchev–Trinajstić information content (AvgIpc) is 2.14. The number of thioether (sulfide) groups is 1. The standard InChI is InChI=1S/C8H8Cl3PS2/c9-6-8(12(10,11)13)14-7-4-2-1-3-5-7/h1-5,8H,6H2. The van der Waals surface area contributed by atoms with Gasteiger partial charge in [-0.1, -0.05) is 52.5 Å². The summed E-state index contributed by atoms with van der Waals surface area (Å²) in [6.45, 7) is 0. The van der Waals surface area contributed by atoms with E-state index >= 15 is 0 Å². The third kappa shape index (κ3) is 4.30. The molecule has 6 heteroatoms. The van der Waals surface area contributed by atoms with Gasteiger partial charge in [0.2, 0.25) is 0 Å². The highest BCUT2D eigenvalue weighted by Gasteiger charge is 2.24. The normalized spacial score (nSPS) is 13.9. The molecule has 0 saturated heterocycles. The smallest absolute Gasteiger partial charge is 0.125 e.